The SMILES string of the molecule is CCn1c2ccccc2c2cc(C=CC3=CCN(CCCS(=O)(=O)O)C=C3)ccc21. The minimum absolute atomic E-state index is 0.204. The molecular weight excluding hydrogens is 396 g/mol. The van der Waals surface area contributed by atoms with Gasteiger partial charge in [-0.15, -0.1) is 0 Å². The molecule has 0 atom stereocenters. The maximum absolute atomic E-state index is 10.8. The van der Waals surface area contributed by atoms with E-state index in [2.05, 4.69) is 72.2 Å². The summed E-state index contributed by atoms with van der Waals surface area (Å²) in [5, 5.41) is 2.55. The quantitative estimate of drug-likeness (QED) is 0.552. The summed E-state index contributed by atoms with van der Waals surface area (Å²) in [7, 11) is -3.88. The zero-order valence-electron chi connectivity index (χ0n) is 17.0. The van der Waals surface area contributed by atoms with E-state index in [-0.39, 0.29) is 5.75 Å². The summed E-state index contributed by atoms with van der Waals surface area (Å²) in [5.41, 5.74) is 4.81. The average molecular weight is 423 g/mol. The first-order chi connectivity index (χ1) is 14.4. The molecule has 2 aromatic carbocycles. The molecule has 0 saturated carbocycles. The average Bonchev–Trinajstić information content (AvgIpc) is 3.05. The van der Waals surface area contributed by atoms with Crippen LogP contribution in [0.15, 0.2) is 72.5 Å². The number of para-hydroxylation sites is 1. The smallest absolute Gasteiger partial charge is 0.264 e. The fourth-order valence-corrected chi connectivity index (χ4v) is 4.48. The third kappa shape index (κ3) is 4.50. The molecule has 0 radical (unpaired) electrons. The third-order valence-corrected chi connectivity index (χ3v) is 6.27. The van der Waals surface area contributed by atoms with Crippen molar-refractivity contribution in [1.82, 2.24) is 9.47 Å². The highest BCUT2D eigenvalue weighted by atomic mass is 32.2. The number of allylic oxidation sites excluding steroid dienone is 3. The predicted octanol–water partition coefficient (Wildman–Crippen LogP) is 4.86. The zero-order chi connectivity index (χ0) is 21.1. The first-order valence-electron chi connectivity index (χ1n) is 10.2. The fraction of sp³-hybridized carbons (Fsp3) is 0.250. The molecule has 0 amide bonds. The minimum Gasteiger partial charge on any atom is -0.374 e. The molecule has 156 valence electrons. The number of aryl methyl sites for hydroxylation is 1. The van der Waals surface area contributed by atoms with Crippen molar-refractivity contribution in [3.05, 3.63) is 78.0 Å². The molecule has 1 aromatic heterocycles. The largest absolute Gasteiger partial charge is 0.374 e. The van der Waals surface area contributed by atoms with Crippen LogP contribution in [0.5, 0.6) is 0 Å². The van der Waals surface area contributed by atoms with Crippen molar-refractivity contribution in [2.24, 2.45) is 0 Å². The lowest BCUT2D eigenvalue weighted by Crippen LogP contribution is -2.22. The normalized spacial score (nSPS) is 14.9. The molecule has 1 aliphatic heterocycles. The molecule has 1 aliphatic rings. The van der Waals surface area contributed by atoms with Gasteiger partial charge in [0, 0.05) is 41.4 Å². The molecule has 0 unspecified atom stereocenters. The van der Waals surface area contributed by atoms with Gasteiger partial charge in [0.2, 0.25) is 0 Å². The van der Waals surface area contributed by atoms with E-state index in [1.165, 1.54) is 21.8 Å². The summed E-state index contributed by atoms with van der Waals surface area (Å²) in [5.74, 6) is -0.204. The van der Waals surface area contributed by atoms with E-state index in [1.807, 2.05) is 17.2 Å². The van der Waals surface area contributed by atoms with Gasteiger partial charge in [-0.1, -0.05) is 42.5 Å². The topological polar surface area (TPSA) is 62.5 Å². The second kappa shape index (κ2) is 8.50. The molecule has 30 heavy (non-hydrogen) atoms. The first-order valence-corrected chi connectivity index (χ1v) is 11.8. The number of aromatic nitrogens is 1. The number of benzene rings is 2. The highest BCUT2D eigenvalue weighted by Gasteiger charge is 2.10. The Kier molecular flexibility index (Phi) is 5.79. The summed E-state index contributed by atoms with van der Waals surface area (Å²) >= 11 is 0. The highest BCUT2D eigenvalue weighted by molar-refractivity contribution is 7.85. The van der Waals surface area contributed by atoms with Crippen LogP contribution >= 0.6 is 0 Å². The van der Waals surface area contributed by atoms with Crippen LogP contribution in [0.1, 0.15) is 18.9 Å². The van der Waals surface area contributed by atoms with Crippen molar-refractivity contribution < 1.29 is 13.0 Å². The van der Waals surface area contributed by atoms with Crippen molar-refractivity contribution in [3.63, 3.8) is 0 Å². The van der Waals surface area contributed by atoms with Crippen LogP contribution in [0.2, 0.25) is 0 Å². The van der Waals surface area contributed by atoms with E-state index in [1.54, 1.807) is 0 Å². The molecule has 5 nitrogen and oxygen atoms in total. The highest BCUT2D eigenvalue weighted by Crippen LogP contribution is 2.30. The summed E-state index contributed by atoms with van der Waals surface area (Å²) in [6.45, 7) is 4.44. The van der Waals surface area contributed by atoms with Crippen LogP contribution in [-0.2, 0) is 16.7 Å². The molecule has 2 heterocycles. The summed E-state index contributed by atoms with van der Waals surface area (Å²) < 4.78 is 32.8. The molecular formula is C24H26N2O3S. The van der Waals surface area contributed by atoms with Crippen LogP contribution in [0, 0.1) is 0 Å². The van der Waals surface area contributed by atoms with Crippen LogP contribution in [0.3, 0.4) is 0 Å². The van der Waals surface area contributed by atoms with Gasteiger partial charge < -0.3 is 9.47 Å². The molecule has 0 aliphatic carbocycles. The maximum atomic E-state index is 10.8. The molecule has 0 bridgehead atoms. The van der Waals surface area contributed by atoms with E-state index >= 15 is 0 Å². The number of hydrogen-bond donors (Lipinski definition) is 1. The second-order valence-electron chi connectivity index (χ2n) is 7.53. The number of hydrogen-bond acceptors (Lipinski definition) is 3. The Morgan fingerprint density at radius 2 is 1.87 bits per heavy atom. The number of rotatable bonds is 7. The monoisotopic (exact) mass is 422 g/mol. The molecule has 6 heteroatoms. The Balaban J connectivity index is 1.47. The van der Waals surface area contributed by atoms with Gasteiger partial charge in [-0.05, 0) is 55.0 Å². The molecule has 0 spiro atoms. The molecule has 3 aromatic rings. The lowest BCUT2D eigenvalue weighted by atomic mass is 10.1. The molecule has 0 fully saturated rings. The van der Waals surface area contributed by atoms with Crippen molar-refractivity contribution in [2.75, 3.05) is 18.8 Å². The van der Waals surface area contributed by atoms with E-state index < -0.39 is 10.1 Å². The van der Waals surface area contributed by atoms with Gasteiger partial charge in [-0.2, -0.15) is 8.42 Å². The van der Waals surface area contributed by atoms with Gasteiger partial charge in [-0.3, -0.25) is 4.55 Å². The van der Waals surface area contributed by atoms with Gasteiger partial charge in [0.1, 0.15) is 0 Å². The third-order valence-electron chi connectivity index (χ3n) is 5.47. The van der Waals surface area contributed by atoms with Gasteiger partial charge in [0.25, 0.3) is 10.1 Å². The maximum Gasteiger partial charge on any atom is 0.264 e. The number of nitrogens with zero attached hydrogens (tertiary/aromatic N) is 2. The molecule has 1 N–H and O–H groups in total. The molecule has 0 saturated heterocycles. The standard InChI is InChI=1S/C24H26N2O3S/c1-2-26-23-7-4-3-6-21(23)22-18-20(10-11-24(22)26)9-8-19-12-15-25(16-13-19)14-5-17-30(27,28)29/h3-4,6-13,15,18H,2,5,14,16-17H2,1H3,(H,27,28,29). The van der Waals surface area contributed by atoms with Gasteiger partial charge >= 0.3 is 0 Å². The second-order valence-corrected chi connectivity index (χ2v) is 9.10. The van der Waals surface area contributed by atoms with Crippen molar-refractivity contribution in [3.8, 4) is 0 Å². The van der Waals surface area contributed by atoms with Gasteiger partial charge in [0.05, 0.1) is 5.75 Å². The van der Waals surface area contributed by atoms with Crippen LogP contribution in [0.4, 0.5) is 0 Å². The summed E-state index contributed by atoms with van der Waals surface area (Å²) in [4.78, 5) is 2.04. The van der Waals surface area contributed by atoms with E-state index in [0.717, 1.165) is 24.2 Å². The van der Waals surface area contributed by atoms with Crippen LogP contribution in [0.25, 0.3) is 27.9 Å². The summed E-state index contributed by atoms with van der Waals surface area (Å²) in [6, 6.07) is 15.1. The Morgan fingerprint density at radius 1 is 1.07 bits per heavy atom. The lowest BCUT2D eigenvalue weighted by Gasteiger charge is -2.21. The van der Waals surface area contributed by atoms with E-state index in [9.17, 15) is 8.42 Å². The van der Waals surface area contributed by atoms with E-state index in [0.29, 0.717) is 13.0 Å². The van der Waals surface area contributed by atoms with Crippen molar-refractivity contribution >= 4 is 38.0 Å². The lowest BCUT2D eigenvalue weighted by molar-refractivity contribution is 0.405. The van der Waals surface area contributed by atoms with Crippen molar-refractivity contribution in [2.45, 2.75) is 19.9 Å². The Hall–Kier alpha value is -2.83. The fourth-order valence-electron chi connectivity index (χ4n) is 3.99. The Morgan fingerprint density at radius 3 is 2.60 bits per heavy atom. The Labute approximate surface area is 177 Å². The predicted molar refractivity (Wildman–Crippen MR) is 124 cm³/mol. The van der Waals surface area contributed by atoms with Crippen LogP contribution in [-0.4, -0.2) is 41.3 Å². The molecule has 4 rings (SSSR count). The first kappa shape index (κ1) is 20.4. The van der Waals surface area contributed by atoms with E-state index in [4.69, 9.17) is 4.55 Å². The van der Waals surface area contributed by atoms with Gasteiger partial charge in [0.15, 0.2) is 0 Å². The number of fused-ring (bicyclic) bond motifs is 3. The Bertz CT molecular complexity index is 1270. The van der Waals surface area contributed by atoms with Gasteiger partial charge in [-0.25, -0.2) is 0 Å². The van der Waals surface area contributed by atoms with Crippen molar-refractivity contribution in [1.29, 1.82) is 0 Å². The van der Waals surface area contributed by atoms with Crippen LogP contribution < -0.4 is 0 Å². The zero-order valence-corrected chi connectivity index (χ0v) is 17.8. The summed E-state index contributed by atoms with van der Waals surface area (Å²) in [6.07, 6.45) is 10.8. The minimum atomic E-state index is -3.88.